The first-order valence-corrected chi connectivity index (χ1v) is 6.04. The molecule has 17 heavy (non-hydrogen) atoms. The highest BCUT2D eigenvalue weighted by molar-refractivity contribution is 9.09. The molecule has 0 fully saturated rings. The van der Waals surface area contributed by atoms with Crippen molar-refractivity contribution in [3.8, 4) is 5.75 Å². The van der Waals surface area contributed by atoms with Gasteiger partial charge in [-0.2, -0.15) is 0 Å². The van der Waals surface area contributed by atoms with E-state index in [9.17, 15) is 15.0 Å². The summed E-state index contributed by atoms with van der Waals surface area (Å²) in [5, 5.41) is 28.1. The van der Waals surface area contributed by atoms with Crippen molar-refractivity contribution in [2.75, 3.05) is 11.9 Å². The molecule has 0 heterocycles. The number of halogens is 1. The van der Waals surface area contributed by atoms with Crippen LogP contribution in [0.15, 0.2) is 24.3 Å². The maximum absolute atomic E-state index is 10.4. The van der Waals surface area contributed by atoms with E-state index < -0.39 is 24.8 Å². The molecule has 0 saturated heterocycles. The van der Waals surface area contributed by atoms with E-state index in [1.807, 2.05) is 0 Å². The highest BCUT2D eigenvalue weighted by atomic mass is 79.9. The van der Waals surface area contributed by atoms with Crippen LogP contribution in [0.5, 0.6) is 5.75 Å². The summed E-state index contributed by atoms with van der Waals surface area (Å²) in [5.41, 5.74) is 0.362. The largest absolute Gasteiger partial charge is 0.482 e. The van der Waals surface area contributed by atoms with E-state index in [0.29, 0.717) is 5.56 Å². The summed E-state index contributed by atoms with van der Waals surface area (Å²) in [6.45, 7) is -0.492. The Morgan fingerprint density at radius 1 is 1.35 bits per heavy atom. The van der Waals surface area contributed by atoms with E-state index >= 15 is 0 Å². The van der Waals surface area contributed by atoms with Gasteiger partial charge in [-0.15, -0.1) is 0 Å². The molecule has 2 atom stereocenters. The third-order valence-electron chi connectivity index (χ3n) is 2.11. The monoisotopic (exact) mass is 304 g/mol. The summed E-state index contributed by atoms with van der Waals surface area (Å²) in [5.74, 6) is -0.849. The van der Waals surface area contributed by atoms with E-state index in [1.165, 1.54) is 0 Å². The third kappa shape index (κ3) is 3.99. The quantitative estimate of drug-likeness (QED) is 0.681. The van der Waals surface area contributed by atoms with Crippen molar-refractivity contribution >= 4 is 21.9 Å². The zero-order valence-corrected chi connectivity index (χ0v) is 10.5. The van der Waals surface area contributed by atoms with Gasteiger partial charge in [0.25, 0.3) is 0 Å². The highest BCUT2D eigenvalue weighted by Gasteiger charge is 2.20. The normalized spacial score (nSPS) is 14.1. The smallest absolute Gasteiger partial charge is 0.341 e. The van der Waals surface area contributed by atoms with Crippen molar-refractivity contribution < 1.29 is 24.9 Å². The number of carbonyl (C=O) groups is 1. The molecule has 6 heteroatoms. The number of rotatable bonds is 6. The van der Waals surface area contributed by atoms with Crippen LogP contribution >= 0.6 is 15.9 Å². The number of alkyl halides is 1. The van der Waals surface area contributed by atoms with E-state index in [-0.39, 0.29) is 11.1 Å². The molecular formula is C11H13BrO5. The minimum atomic E-state index is -1.13. The molecule has 3 N–H and O–H groups in total. The van der Waals surface area contributed by atoms with Crippen molar-refractivity contribution in [1.29, 1.82) is 0 Å². The van der Waals surface area contributed by atoms with Crippen LogP contribution in [0, 0.1) is 0 Å². The van der Waals surface area contributed by atoms with Crippen LogP contribution in [-0.2, 0) is 4.79 Å². The van der Waals surface area contributed by atoms with Gasteiger partial charge in [-0.25, -0.2) is 4.79 Å². The summed E-state index contributed by atoms with van der Waals surface area (Å²) in [6.07, 6.45) is -2.11. The van der Waals surface area contributed by atoms with Gasteiger partial charge in [0.05, 0.1) is 6.10 Å². The molecule has 0 radical (unpaired) electrons. The lowest BCUT2D eigenvalue weighted by molar-refractivity contribution is -0.139. The Hall–Kier alpha value is -1.11. The van der Waals surface area contributed by atoms with Gasteiger partial charge in [0.15, 0.2) is 6.61 Å². The molecule has 2 unspecified atom stereocenters. The first kappa shape index (κ1) is 14.0. The van der Waals surface area contributed by atoms with Gasteiger partial charge in [-0.3, -0.25) is 0 Å². The minimum absolute atomic E-state index is 0.210. The molecule has 0 aliphatic carbocycles. The fraction of sp³-hybridized carbons (Fsp3) is 0.364. The lowest BCUT2D eigenvalue weighted by Crippen LogP contribution is -2.21. The first-order valence-electron chi connectivity index (χ1n) is 4.92. The van der Waals surface area contributed by atoms with Gasteiger partial charge in [-0.1, -0.05) is 34.1 Å². The Labute approximate surface area is 107 Å². The topological polar surface area (TPSA) is 87.0 Å². The fourth-order valence-electron chi connectivity index (χ4n) is 1.29. The zero-order chi connectivity index (χ0) is 12.8. The van der Waals surface area contributed by atoms with Gasteiger partial charge >= 0.3 is 5.97 Å². The lowest BCUT2D eigenvalue weighted by atomic mass is 10.0. The number of carboxylic acid groups (broad SMARTS) is 1. The summed E-state index contributed by atoms with van der Waals surface area (Å²) in [4.78, 5) is 10.4. The number of aliphatic carboxylic acids is 1. The average Bonchev–Trinajstić information content (AvgIpc) is 2.34. The van der Waals surface area contributed by atoms with E-state index in [0.717, 1.165) is 0 Å². The van der Waals surface area contributed by atoms with Crippen molar-refractivity contribution in [2.45, 2.75) is 12.2 Å². The molecule has 0 bridgehead atoms. The molecule has 1 aromatic rings. The maximum Gasteiger partial charge on any atom is 0.341 e. The Bertz CT molecular complexity index is 382. The van der Waals surface area contributed by atoms with Crippen LogP contribution in [0.25, 0.3) is 0 Å². The predicted octanol–water partition coefficient (Wildman–Crippen LogP) is 0.939. The maximum atomic E-state index is 10.4. The number of aliphatic hydroxyl groups is 2. The van der Waals surface area contributed by atoms with E-state index in [4.69, 9.17) is 9.84 Å². The number of hydrogen-bond acceptors (Lipinski definition) is 4. The molecule has 0 amide bonds. The summed E-state index contributed by atoms with van der Waals surface area (Å²) >= 11 is 3.05. The number of para-hydroxylation sites is 1. The second-order valence-corrected chi connectivity index (χ2v) is 4.03. The van der Waals surface area contributed by atoms with Crippen LogP contribution < -0.4 is 4.74 Å². The second kappa shape index (κ2) is 6.58. The van der Waals surface area contributed by atoms with Crippen molar-refractivity contribution in [2.24, 2.45) is 0 Å². The lowest BCUT2D eigenvalue weighted by Gasteiger charge is -2.18. The Morgan fingerprint density at radius 3 is 2.59 bits per heavy atom. The molecule has 1 aromatic carbocycles. The summed E-state index contributed by atoms with van der Waals surface area (Å²) < 4.78 is 5.03. The molecule has 94 valence electrons. The number of aliphatic hydroxyl groups excluding tert-OH is 2. The first-order chi connectivity index (χ1) is 8.06. The summed E-state index contributed by atoms with van der Waals surface area (Å²) in [7, 11) is 0. The number of ether oxygens (including phenoxy) is 1. The van der Waals surface area contributed by atoms with Gasteiger partial charge in [0.2, 0.25) is 0 Å². The molecule has 0 aliphatic heterocycles. The van der Waals surface area contributed by atoms with Crippen LogP contribution in [0.2, 0.25) is 0 Å². The Morgan fingerprint density at radius 2 is 2.00 bits per heavy atom. The number of hydrogen-bond donors (Lipinski definition) is 3. The van der Waals surface area contributed by atoms with Gasteiger partial charge < -0.3 is 20.1 Å². The van der Waals surface area contributed by atoms with Gasteiger partial charge in [0, 0.05) is 10.9 Å². The van der Waals surface area contributed by atoms with Crippen LogP contribution in [0.4, 0.5) is 0 Å². The summed E-state index contributed by atoms with van der Waals surface area (Å²) in [6, 6.07) is 6.46. The SMILES string of the molecule is O=C(O)COc1ccccc1C(O)C(O)CBr. The minimum Gasteiger partial charge on any atom is -0.482 e. The van der Waals surface area contributed by atoms with Crippen molar-refractivity contribution in [3.63, 3.8) is 0 Å². The molecular weight excluding hydrogens is 292 g/mol. The molecule has 0 aliphatic rings. The van der Waals surface area contributed by atoms with Gasteiger partial charge in [0.1, 0.15) is 11.9 Å². The molecule has 1 rings (SSSR count). The molecule has 0 aromatic heterocycles. The highest BCUT2D eigenvalue weighted by Crippen LogP contribution is 2.27. The fourth-order valence-corrected chi connectivity index (χ4v) is 1.64. The van der Waals surface area contributed by atoms with E-state index in [1.54, 1.807) is 24.3 Å². The Kier molecular flexibility index (Phi) is 5.40. The van der Waals surface area contributed by atoms with Crippen molar-refractivity contribution in [1.82, 2.24) is 0 Å². The van der Waals surface area contributed by atoms with Crippen molar-refractivity contribution in [3.05, 3.63) is 29.8 Å². The zero-order valence-electron chi connectivity index (χ0n) is 8.91. The van der Waals surface area contributed by atoms with E-state index in [2.05, 4.69) is 15.9 Å². The van der Waals surface area contributed by atoms with Crippen LogP contribution in [0.1, 0.15) is 11.7 Å². The Balaban J connectivity index is 2.87. The van der Waals surface area contributed by atoms with Crippen LogP contribution in [-0.4, -0.2) is 39.3 Å². The molecule has 0 saturated carbocycles. The standard InChI is InChI=1S/C11H13BrO5/c12-5-8(13)11(16)7-3-1-2-4-9(7)17-6-10(14)15/h1-4,8,11,13,16H,5-6H2,(H,14,15). The third-order valence-corrected chi connectivity index (χ3v) is 2.77. The molecule has 5 nitrogen and oxygen atoms in total. The second-order valence-electron chi connectivity index (χ2n) is 3.39. The van der Waals surface area contributed by atoms with Gasteiger partial charge in [-0.05, 0) is 6.07 Å². The number of benzene rings is 1. The predicted molar refractivity (Wildman–Crippen MR) is 64.3 cm³/mol. The molecule has 0 spiro atoms. The van der Waals surface area contributed by atoms with Crippen LogP contribution in [0.3, 0.4) is 0 Å². The number of carboxylic acids is 1. The average molecular weight is 305 g/mol.